The van der Waals surface area contributed by atoms with Crippen molar-refractivity contribution in [1.82, 2.24) is 4.90 Å². The minimum atomic E-state index is -0.0196. The van der Waals surface area contributed by atoms with Crippen molar-refractivity contribution >= 4 is 5.69 Å². The van der Waals surface area contributed by atoms with Crippen LogP contribution in [0.5, 0.6) is 5.75 Å². The molecule has 0 bridgehead atoms. The highest BCUT2D eigenvalue weighted by Crippen LogP contribution is 2.32. The smallest absolute Gasteiger partial charge is 0.122 e. The highest BCUT2D eigenvalue weighted by molar-refractivity contribution is 5.56. The number of rotatable bonds is 3. The summed E-state index contributed by atoms with van der Waals surface area (Å²) >= 11 is 0. The van der Waals surface area contributed by atoms with Crippen LogP contribution >= 0.6 is 0 Å². The third kappa shape index (κ3) is 3.34. The minimum Gasteiger partial charge on any atom is -0.487 e. The van der Waals surface area contributed by atoms with Crippen molar-refractivity contribution in [2.75, 3.05) is 25.0 Å². The summed E-state index contributed by atoms with van der Waals surface area (Å²) in [6.07, 6.45) is 4.63. The Balaban J connectivity index is 1.66. The monoisotopic (exact) mass is 288 g/mol. The van der Waals surface area contributed by atoms with E-state index in [1.54, 1.807) is 0 Å². The van der Waals surface area contributed by atoms with Gasteiger partial charge in [0, 0.05) is 37.4 Å². The molecular weight excluding hydrogens is 260 g/mol. The zero-order valence-corrected chi connectivity index (χ0v) is 13.6. The van der Waals surface area contributed by atoms with Gasteiger partial charge in [0.2, 0.25) is 0 Å². The average molecular weight is 288 g/mol. The summed E-state index contributed by atoms with van der Waals surface area (Å²) in [5.41, 5.74) is 2.67. The molecule has 1 aromatic carbocycles. The van der Waals surface area contributed by atoms with Crippen LogP contribution in [0.4, 0.5) is 5.69 Å². The first-order chi connectivity index (χ1) is 10.1. The first-order valence-corrected chi connectivity index (χ1v) is 8.36. The number of nitrogens with zero attached hydrogens (tertiary/aromatic N) is 1. The maximum Gasteiger partial charge on any atom is 0.122 e. The second-order valence-corrected chi connectivity index (χ2v) is 7.03. The SMILES string of the molecule is CC(C)N1CCC(C)(Oc2ccc3c(c2)NCCC3)CC1. The molecule has 21 heavy (non-hydrogen) atoms. The second kappa shape index (κ2) is 5.88. The quantitative estimate of drug-likeness (QED) is 0.918. The van der Waals surface area contributed by atoms with E-state index in [4.69, 9.17) is 4.74 Å². The number of likely N-dealkylation sites (tertiary alicyclic amines) is 1. The van der Waals surface area contributed by atoms with Gasteiger partial charge in [-0.15, -0.1) is 0 Å². The number of anilines is 1. The molecule has 1 N–H and O–H groups in total. The van der Waals surface area contributed by atoms with Crippen LogP contribution < -0.4 is 10.1 Å². The summed E-state index contributed by atoms with van der Waals surface area (Å²) in [5, 5.41) is 3.49. The van der Waals surface area contributed by atoms with Gasteiger partial charge < -0.3 is 15.0 Å². The van der Waals surface area contributed by atoms with E-state index in [9.17, 15) is 0 Å². The molecule has 1 saturated heterocycles. The van der Waals surface area contributed by atoms with Crippen molar-refractivity contribution in [2.24, 2.45) is 0 Å². The van der Waals surface area contributed by atoms with Gasteiger partial charge in [0.25, 0.3) is 0 Å². The van der Waals surface area contributed by atoms with Crippen LogP contribution in [0.2, 0.25) is 0 Å². The van der Waals surface area contributed by atoms with Crippen LogP contribution in [0.3, 0.4) is 0 Å². The molecule has 0 atom stereocenters. The minimum absolute atomic E-state index is 0.0196. The van der Waals surface area contributed by atoms with E-state index in [1.807, 2.05) is 0 Å². The molecule has 3 rings (SSSR count). The molecule has 2 heterocycles. The number of aryl methyl sites for hydroxylation is 1. The lowest BCUT2D eigenvalue weighted by Gasteiger charge is -2.41. The maximum atomic E-state index is 6.37. The van der Waals surface area contributed by atoms with E-state index in [-0.39, 0.29) is 5.60 Å². The van der Waals surface area contributed by atoms with E-state index in [0.717, 1.165) is 38.2 Å². The van der Waals surface area contributed by atoms with Crippen LogP contribution in [0, 0.1) is 0 Å². The summed E-state index contributed by atoms with van der Waals surface area (Å²) in [5.74, 6) is 1.02. The Morgan fingerprint density at radius 1 is 1.24 bits per heavy atom. The number of hydrogen-bond donors (Lipinski definition) is 1. The summed E-state index contributed by atoms with van der Waals surface area (Å²) in [7, 11) is 0. The van der Waals surface area contributed by atoms with E-state index >= 15 is 0 Å². The third-order valence-corrected chi connectivity index (χ3v) is 4.97. The molecule has 2 aliphatic rings. The molecule has 1 fully saturated rings. The van der Waals surface area contributed by atoms with Crippen molar-refractivity contribution in [3.63, 3.8) is 0 Å². The van der Waals surface area contributed by atoms with Gasteiger partial charge in [-0.3, -0.25) is 0 Å². The van der Waals surface area contributed by atoms with E-state index in [1.165, 1.54) is 24.1 Å². The maximum absolute atomic E-state index is 6.37. The van der Waals surface area contributed by atoms with Crippen LogP contribution in [0.1, 0.15) is 45.6 Å². The molecule has 0 aromatic heterocycles. The van der Waals surface area contributed by atoms with Crippen molar-refractivity contribution < 1.29 is 4.74 Å². The Morgan fingerprint density at radius 3 is 2.71 bits per heavy atom. The molecule has 1 aromatic rings. The topological polar surface area (TPSA) is 24.5 Å². The highest BCUT2D eigenvalue weighted by atomic mass is 16.5. The first-order valence-electron chi connectivity index (χ1n) is 8.36. The highest BCUT2D eigenvalue weighted by Gasteiger charge is 2.32. The lowest BCUT2D eigenvalue weighted by Crippen LogP contribution is -2.48. The molecule has 116 valence electrons. The Morgan fingerprint density at radius 2 is 2.00 bits per heavy atom. The van der Waals surface area contributed by atoms with E-state index < -0.39 is 0 Å². The number of hydrogen-bond acceptors (Lipinski definition) is 3. The Kier molecular flexibility index (Phi) is 4.12. The Labute approximate surface area is 128 Å². The van der Waals surface area contributed by atoms with Gasteiger partial charge in [-0.05, 0) is 58.1 Å². The van der Waals surface area contributed by atoms with Crippen LogP contribution in [-0.4, -0.2) is 36.2 Å². The fraction of sp³-hybridized carbons (Fsp3) is 0.667. The van der Waals surface area contributed by atoms with Crippen LogP contribution in [0.15, 0.2) is 18.2 Å². The lowest BCUT2D eigenvalue weighted by molar-refractivity contribution is 0.00803. The van der Waals surface area contributed by atoms with Gasteiger partial charge in [-0.1, -0.05) is 6.07 Å². The Bertz CT molecular complexity index is 490. The molecule has 0 unspecified atom stereocenters. The number of piperidine rings is 1. The van der Waals surface area contributed by atoms with Gasteiger partial charge >= 0.3 is 0 Å². The molecular formula is C18H28N2O. The fourth-order valence-corrected chi connectivity index (χ4v) is 3.40. The van der Waals surface area contributed by atoms with Gasteiger partial charge in [-0.25, -0.2) is 0 Å². The molecule has 0 spiro atoms. The molecule has 3 nitrogen and oxygen atoms in total. The van der Waals surface area contributed by atoms with Gasteiger partial charge in [0.15, 0.2) is 0 Å². The largest absolute Gasteiger partial charge is 0.487 e. The average Bonchev–Trinajstić information content (AvgIpc) is 2.47. The van der Waals surface area contributed by atoms with Crippen molar-refractivity contribution in [1.29, 1.82) is 0 Å². The molecule has 0 radical (unpaired) electrons. The van der Waals surface area contributed by atoms with E-state index in [2.05, 4.69) is 49.2 Å². The summed E-state index contributed by atoms with van der Waals surface area (Å²) in [4.78, 5) is 2.54. The van der Waals surface area contributed by atoms with Gasteiger partial charge in [0.1, 0.15) is 11.4 Å². The third-order valence-electron chi connectivity index (χ3n) is 4.97. The number of benzene rings is 1. The van der Waals surface area contributed by atoms with Gasteiger partial charge in [0.05, 0.1) is 0 Å². The van der Waals surface area contributed by atoms with Crippen LogP contribution in [0.25, 0.3) is 0 Å². The van der Waals surface area contributed by atoms with Crippen molar-refractivity contribution in [3.05, 3.63) is 23.8 Å². The molecule has 0 aliphatic carbocycles. The fourth-order valence-electron chi connectivity index (χ4n) is 3.40. The standard InChI is InChI=1S/C18H28N2O/c1-14(2)20-11-8-18(3,9-12-20)21-16-7-6-15-5-4-10-19-17(15)13-16/h6-7,13-14,19H,4-5,8-12H2,1-3H3. The lowest BCUT2D eigenvalue weighted by atomic mass is 9.92. The predicted octanol–water partition coefficient (Wildman–Crippen LogP) is 3.69. The number of ether oxygens (including phenoxy) is 1. The first kappa shape index (κ1) is 14.7. The van der Waals surface area contributed by atoms with Crippen molar-refractivity contribution in [2.45, 2.75) is 58.1 Å². The number of nitrogens with one attached hydrogen (secondary N) is 1. The normalized spacial score (nSPS) is 21.7. The Hall–Kier alpha value is -1.22. The molecule has 3 heteroatoms. The molecule has 0 amide bonds. The van der Waals surface area contributed by atoms with Gasteiger partial charge in [-0.2, -0.15) is 0 Å². The predicted molar refractivity (Wildman–Crippen MR) is 88.2 cm³/mol. The second-order valence-electron chi connectivity index (χ2n) is 7.03. The number of fused-ring (bicyclic) bond motifs is 1. The molecule has 0 saturated carbocycles. The van der Waals surface area contributed by atoms with E-state index in [0.29, 0.717) is 6.04 Å². The summed E-state index contributed by atoms with van der Waals surface area (Å²) in [6, 6.07) is 7.20. The van der Waals surface area contributed by atoms with Crippen LogP contribution in [-0.2, 0) is 6.42 Å². The zero-order chi connectivity index (χ0) is 14.9. The van der Waals surface area contributed by atoms with Crippen molar-refractivity contribution in [3.8, 4) is 5.75 Å². The molecule has 2 aliphatic heterocycles. The summed E-state index contributed by atoms with van der Waals surface area (Å²) in [6.45, 7) is 10.2. The zero-order valence-electron chi connectivity index (χ0n) is 13.6. The summed E-state index contributed by atoms with van der Waals surface area (Å²) < 4.78 is 6.37.